The Kier molecular flexibility index (Phi) is 3.96. The number of rotatable bonds is 3. The summed E-state index contributed by atoms with van der Waals surface area (Å²) in [6.07, 6.45) is 13.1. The molecule has 1 amide bonds. The summed E-state index contributed by atoms with van der Waals surface area (Å²) >= 11 is 0. The second-order valence-corrected chi connectivity index (χ2v) is 4.95. The van der Waals surface area contributed by atoms with E-state index in [-0.39, 0.29) is 11.9 Å². The summed E-state index contributed by atoms with van der Waals surface area (Å²) in [5.41, 5.74) is 2.80. The van der Waals surface area contributed by atoms with Gasteiger partial charge in [0.2, 0.25) is 0 Å². The summed E-state index contributed by atoms with van der Waals surface area (Å²) in [6, 6.07) is 5.44. The van der Waals surface area contributed by atoms with Gasteiger partial charge in [-0.2, -0.15) is 5.10 Å². The number of hydrogen-bond acceptors (Lipinski definition) is 3. The SMILES string of the molecule is C[C@@H](NC(=O)c1n[nH]c2c1\C=C/C=C\C=C/2)c1ccccn1. The van der Waals surface area contributed by atoms with Gasteiger partial charge in [0.25, 0.3) is 5.91 Å². The molecule has 0 unspecified atom stereocenters. The van der Waals surface area contributed by atoms with Crippen molar-refractivity contribution < 1.29 is 4.79 Å². The van der Waals surface area contributed by atoms with Crippen molar-refractivity contribution >= 4 is 18.1 Å². The molecule has 3 rings (SSSR count). The van der Waals surface area contributed by atoms with E-state index in [9.17, 15) is 4.79 Å². The van der Waals surface area contributed by atoms with Gasteiger partial charge in [-0.25, -0.2) is 0 Å². The quantitative estimate of drug-likeness (QED) is 0.913. The summed E-state index contributed by atoms with van der Waals surface area (Å²) < 4.78 is 0. The number of nitrogens with one attached hydrogen (secondary N) is 2. The van der Waals surface area contributed by atoms with Gasteiger partial charge in [-0.3, -0.25) is 14.9 Å². The zero-order valence-corrected chi connectivity index (χ0v) is 12.2. The molecule has 1 atom stereocenters. The molecule has 110 valence electrons. The van der Waals surface area contributed by atoms with Crippen LogP contribution in [0.4, 0.5) is 0 Å². The topological polar surface area (TPSA) is 70.7 Å². The number of nitrogens with zero attached hydrogens (tertiary/aromatic N) is 2. The molecule has 0 radical (unpaired) electrons. The van der Waals surface area contributed by atoms with Gasteiger partial charge < -0.3 is 5.32 Å². The van der Waals surface area contributed by atoms with Crippen LogP contribution in [0.2, 0.25) is 0 Å². The fraction of sp³-hybridized carbons (Fsp3) is 0.118. The summed E-state index contributed by atoms with van der Waals surface area (Å²) in [5.74, 6) is -0.224. The fourth-order valence-corrected chi connectivity index (χ4v) is 2.24. The molecule has 0 saturated heterocycles. The first-order chi connectivity index (χ1) is 10.8. The Morgan fingerprint density at radius 3 is 2.77 bits per heavy atom. The van der Waals surface area contributed by atoms with E-state index in [2.05, 4.69) is 20.5 Å². The number of pyridine rings is 1. The van der Waals surface area contributed by atoms with E-state index in [0.717, 1.165) is 17.0 Å². The Balaban J connectivity index is 1.82. The third-order valence-corrected chi connectivity index (χ3v) is 3.39. The van der Waals surface area contributed by atoms with Crippen LogP contribution in [-0.2, 0) is 0 Å². The number of amides is 1. The average molecular weight is 292 g/mol. The van der Waals surface area contributed by atoms with Gasteiger partial charge in [0.1, 0.15) is 0 Å². The van der Waals surface area contributed by atoms with Crippen molar-refractivity contribution in [2.75, 3.05) is 0 Å². The number of hydrogen-bond donors (Lipinski definition) is 2. The Morgan fingerprint density at radius 2 is 2.00 bits per heavy atom. The summed E-state index contributed by atoms with van der Waals surface area (Å²) in [7, 11) is 0. The summed E-state index contributed by atoms with van der Waals surface area (Å²) in [6.45, 7) is 1.90. The molecule has 0 fully saturated rings. The lowest BCUT2D eigenvalue weighted by atomic mass is 10.1. The molecule has 2 N–H and O–H groups in total. The Hall–Kier alpha value is -2.95. The number of allylic oxidation sites excluding steroid dienone is 4. The van der Waals surface area contributed by atoms with Crippen molar-refractivity contribution in [3.63, 3.8) is 0 Å². The maximum atomic E-state index is 12.5. The molecule has 5 nitrogen and oxygen atoms in total. The largest absolute Gasteiger partial charge is 0.343 e. The lowest BCUT2D eigenvalue weighted by molar-refractivity contribution is 0.0934. The summed E-state index contributed by atoms with van der Waals surface area (Å²) in [5, 5.41) is 9.95. The summed E-state index contributed by atoms with van der Waals surface area (Å²) in [4.78, 5) is 16.7. The lowest BCUT2D eigenvalue weighted by Gasteiger charge is -2.12. The van der Waals surface area contributed by atoms with Crippen molar-refractivity contribution in [2.45, 2.75) is 13.0 Å². The van der Waals surface area contributed by atoms with Crippen LogP contribution in [0.25, 0.3) is 12.2 Å². The highest BCUT2D eigenvalue weighted by Gasteiger charge is 2.19. The standard InChI is InChI=1S/C17H16N4O/c1-12(14-9-6-7-11-18-14)19-17(22)16-13-8-4-2-3-5-10-15(13)20-21-16/h2-12H,1H3,(H,19,22)(H,20,21)/t12-/m1/s1. The molecule has 22 heavy (non-hydrogen) atoms. The molecule has 0 aliphatic heterocycles. The molecule has 2 aromatic rings. The minimum Gasteiger partial charge on any atom is -0.343 e. The van der Waals surface area contributed by atoms with Gasteiger partial charge in [0.05, 0.1) is 17.4 Å². The molecular formula is C17H16N4O. The molecule has 0 bridgehead atoms. The third kappa shape index (κ3) is 2.88. The van der Waals surface area contributed by atoms with E-state index in [4.69, 9.17) is 0 Å². The monoisotopic (exact) mass is 292 g/mol. The molecule has 0 aromatic carbocycles. The maximum absolute atomic E-state index is 12.5. The minimum atomic E-state index is -0.224. The van der Waals surface area contributed by atoms with Gasteiger partial charge in [-0.15, -0.1) is 0 Å². The van der Waals surface area contributed by atoms with Crippen LogP contribution in [-0.4, -0.2) is 21.1 Å². The minimum absolute atomic E-state index is 0.186. The second kappa shape index (κ2) is 6.22. The van der Waals surface area contributed by atoms with E-state index in [1.807, 2.05) is 61.6 Å². The predicted octanol–water partition coefficient (Wildman–Crippen LogP) is 2.89. The predicted molar refractivity (Wildman–Crippen MR) is 85.9 cm³/mol. The molecule has 2 heterocycles. The molecule has 5 heteroatoms. The first-order valence-electron chi connectivity index (χ1n) is 7.07. The van der Waals surface area contributed by atoms with Gasteiger partial charge in [-0.05, 0) is 25.1 Å². The molecular weight excluding hydrogens is 276 g/mol. The van der Waals surface area contributed by atoms with E-state index in [0.29, 0.717) is 5.69 Å². The number of aromatic nitrogens is 3. The molecule has 0 spiro atoms. The fourth-order valence-electron chi connectivity index (χ4n) is 2.24. The number of H-pyrrole nitrogens is 1. The van der Waals surface area contributed by atoms with Gasteiger partial charge in [-0.1, -0.05) is 36.4 Å². The Morgan fingerprint density at radius 1 is 1.18 bits per heavy atom. The number of carbonyl (C=O) groups is 1. The van der Waals surface area contributed by atoms with Crippen LogP contribution in [0.1, 0.15) is 40.4 Å². The van der Waals surface area contributed by atoms with Gasteiger partial charge >= 0.3 is 0 Å². The van der Waals surface area contributed by atoms with Crippen molar-refractivity contribution in [1.82, 2.24) is 20.5 Å². The first-order valence-corrected chi connectivity index (χ1v) is 7.07. The molecule has 2 aromatic heterocycles. The van der Waals surface area contributed by atoms with Crippen molar-refractivity contribution in [3.05, 3.63) is 71.3 Å². The maximum Gasteiger partial charge on any atom is 0.272 e. The van der Waals surface area contributed by atoms with E-state index >= 15 is 0 Å². The van der Waals surface area contributed by atoms with Crippen LogP contribution < -0.4 is 5.32 Å². The van der Waals surface area contributed by atoms with Crippen LogP contribution in [0.15, 0.2) is 48.7 Å². The van der Waals surface area contributed by atoms with E-state index < -0.39 is 0 Å². The van der Waals surface area contributed by atoms with Crippen molar-refractivity contribution in [2.24, 2.45) is 0 Å². The highest BCUT2D eigenvalue weighted by atomic mass is 16.2. The van der Waals surface area contributed by atoms with Crippen LogP contribution in [0, 0.1) is 0 Å². The van der Waals surface area contributed by atoms with E-state index in [1.54, 1.807) is 6.20 Å². The first kappa shape index (κ1) is 14.0. The van der Waals surface area contributed by atoms with Crippen molar-refractivity contribution in [3.8, 4) is 0 Å². The number of fused-ring (bicyclic) bond motifs is 1. The molecule has 1 aliphatic rings. The van der Waals surface area contributed by atoms with Crippen molar-refractivity contribution in [1.29, 1.82) is 0 Å². The number of aromatic amines is 1. The zero-order chi connectivity index (χ0) is 15.4. The van der Waals surface area contributed by atoms with E-state index in [1.165, 1.54) is 0 Å². The highest BCUT2D eigenvalue weighted by Crippen LogP contribution is 2.18. The lowest BCUT2D eigenvalue weighted by Crippen LogP contribution is -2.28. The third-order valence-electron chi connectivity index (χ3n) is 3.39. The Bertz CT molecular complexity index is 756. The molecule has 0 saturated carbocycles. The highest BCUT2D eigenvalue weighted by molar-refractivity contribution is 5.97. The normalized spacial score (nSPS) is 18.4. The zero-order valence-electron chi connectivity index (χ0n) is 12.2. The van der Waals surface area contributed by atoms with Crippen LogP contribution >= 0.6 is 0 Å². The smallest absolute Gasteiger partial charge is 0.272 e. The van der Waals surface area contributed by atoms with Crippen LogP contribution in [0.3, 0.4) is 0 Å². The number of carbonyl (C=O) groups excluding carboxylic acids is 1. The van der Waals surface area contributed by atoms with Crippen LogP contribution in [0.5, 0.6) is 0 Å². The van der Waals surface area contributed by atoms with Gasteiger partial charge in [0.15, 0.2) is 5.69 Å². The second-order valence-electron chi connectivity index (χ2n) is 4.95. The molecule has 1 aliphatic carbocycles. The average Bonchev–Trinajstić information content (AvgIpc) is 2.90. The van der Waals surface area contributed by atoms with Gasteiger partial charge in [0, 0.05) is 11.8 Å². The Labute approximate surface area is 128 Å².